The third-order valence-corrected chi connectivity index (χ3v) is 6.27. The molecule has 1 saturated carbocycles. The summed E-state index contributed by atoms with van der Waals surface area (Å²) in [6.07, 6.45) is 3.45. The first kappa shape index (κ1) is 23.6. The highest BCUT2D eigenvalue weighted by atomic mass is 32.2. The van der Waals surface area contributed by atoms with Crippen molar-refractivity contribution in [3.8, 4) is 0 Å². The van der Waals surface area contributed by atoms with E-state index in [2.05, 4.69) is 10.3 Å². The topological polar surface area (TPSA) is 124 Å². The molecule has 0 unspecified atom stereocenters. The van der Waals surface area contributed by atoms with Crippen LogP contribution in [0.25, 0.3) is 10.9 Å². The number of amides is 2. The zero-order valence-corrected chi connectivity index (χ0v) is 19.6. The number of nitrogens with zero attached hydrogens (tertiary/aromatic N) is 3. The van der Waals surface area contributed by atoms with Gasteiger partial charge in [-0.15, -0.1) is 0 Å². The molecule has 1 aliphatic rings. The molecule has 1 fully saturated rings. The Kier molecular flexibility index (Phi) is 7.01. The maximum absolute atomic E-state index is 13.3. The lowest BCUT2D eigenvalue weighted by atomic mass is 10.1. The van der Waals surface area contributed by atoms with Crippen LogP contribution in [0.3, 0.4) is 0 Å². The molecule has 1 aliphatic carbocycles. The number of nitrogens with one attached hydrogen (secondary N) is 1. The van der Waals surface area contributed by atoms with Crippen LogP contribution >= 0.6 is 11.8 Å². The summed E-state index contributed by atoms with van der Waals surface area (Å²) in [7, 11) is 2.83. The number of rotatable bonds is 9. The summed E-state index contributed by atoms with van der Waals surface area (Å²) >= 11 is 1.08. The number of carbonyl (C=O) groups excluding carboxylic acids is 3. The van der Waals surface area contributed by atoms with E-state index in [9.17, 15) is 19.2 Å². The molecule has 2 heterocycles. The van der Waals surface area contributed by atoms with Crippen LogP contribution in [-0.2, 0) is 20.9 Å². The lowest BCUT2D eigenvalue weighted by molar-refractivity contribution is -0.132. The van der Waals surface area contributed by atoms with E-state index in [0.717, 1.165) is 24.6 Å². The number of hydrogen-bond acceptors (Lipinski definition) is 8. The zero-order chi connectivity index (χ0) is 24.2. The van der Waals surface area contributed by atoms with Crippen LogP contribution in [-0.4, -0.2) is 64.7 Å². The van der Waals surface area contributed by atoms with Gasteiger partial charge >= 0.3 is 5.97 Å². The quantitative estimate of drug-likeness (QED) is 0.276. The van der Waals surface area contributed by atoms with Gasteiger partial charge in [0.25, 0.3) is 5.56 Å². The van der Waals surface area contributed by atoms with Crippen molar-refractivity contribution >= 4 is 40.4 Å². The van der Waals surface area contributed by atoms with Gasteiger partial charge < -0.3 is 19.4 Å². The minimum Gasteiger partial charge on any atom is -0.467 e. The maximum Gasteiger partial charge on any atom is 0.337 e. The number of fused-ring (bicyclic) bond motifs is 1. The molecule has 2 amide bonds. The van der Waals surface area contributed by atoms with Gasteiger partial charge in [-0.1, -0.05) is 11.8 Å². The minimum atomic E-state index is -0.543. The first-order chi connectivity index (χ1) is 16.4. The SMILES string of the molecule is COC(=O)c1ccc2c(=O)n(Cc3ccco3)c(SCC(=O)N(C)CC(=O)NC3CC3)nc2c1. The van der Waals surface area contributed by atoms with Crippen molar-refractivity contribution in [2.24, 2.45) is 0 Å². The molecular formula is C23H24N4O6S. The van der Waals surface area contributed by atoms with E-state index < -0.39 is 5.97 Å². The van der Waals surface area contributed by atoms with Crippen LogP contribution in [0.2, 0.25) is 0 Å². The second kappa shape index (κ2) is 10.1. The second-order valence-electron chi connectivity index (χ2n) is 7.97. The lowest BCUT2D eigenvalue weighted by Crippen LogP contribution is -2.39. The highest BCUT2D eigenvalue weighted by Gasteiger charge is 2.24. The molecule has 0 bridgehead atoms. The van der Waals surface area contributed by atoms with E-state index in [-0.39, 0.29) is 47.8 Å². The Hall–Kier alpha value is -3.60. The molecule has 0 saturated heterocycles. The summed E-state index contributed by atoms with van der Waals surface area (Å²) in [4.78, 5) is 55.7. The van der Waals surface area contributed by atoms with Gasteiger partial charge in [0.2, 0.25) is 11.8 Å². The average Bonchev–Trinajstić information content (AvgIpc) is 3.48. The normalized spacial score (nSPS) is 13.0. The van der Waals surface area contributed by atoms with E-state index in [1.165, 1.54) is 41.0 Å². The van der Waals surface area contributed by atoms with Gasteiger partial charge in [-0.2, -0.15) is 0 Å². The monoisotopic (exact) mass is 484 g/mol. The number of methoxy groups -OCH3 is 1. The third-order valence-electron chi connectivity index (χ3n) is 5.31. The first-order valence-corrected chi connectivity index (χ1v) is 11.7. The zero-order valence-electron chi connectivity index (χ0n) is 18.8. The van der Waals surface area contributed by atoms with E-state index in [0.29, 0.717) is 21.8 Å². The lowest BCUT2D eigenvalue weighted by Gasteiger charge is -2.17. The van der Waals surface area contributed by atoms with Crippen molar-refractivity contribution in [2.45, 2.75) is 30.6 Å². The van der Waals surface area contributed by atoms with E-state index >= 15 is 0 Å². The fourth-order valence-corrected chi connectivity index (χ4v) is 4.23. The number of esters is 1. The number of furan rings is 1. The number of likely N-dealkylation sites (N-methyl/N-ethyl adjacent to an activating group) is 1. The van der Waals surface area contributed by atoms with Crippen LogP contribution in [0, 0.1) is 0 Å². The summed E-state index contributed by atoms with van der Waals surface area (Å²) in [5, 5.41) is 3.46. The summed E-state index contributed by atoms with van der Waals surface area (Å²) in [6.45, 7) is 0.0897. The molecule has 34 heavy (non-hydrogen) atoms. The molecule has 0 atom stereocenters. The average molecular weight is 485 g/mol. The molecule has 0 aliphatic heterocycles. The van der Waals surface area contributed by atoms with Crippen molar-refractivity contribution in [2.75, 3.05) is 26.5 Å². The number of aromatic nitrogens is 2. The van der Waals surface area contributed by atoms with Crippen molar-refractivity contribution in [3.63, 3.8) is 0 Å². The van der Waals surface area contributed by atoms with Crippen LogP contribution < -0.4 is 10.9 Å². The molecule has 10 nitrogen and oxygen atoms in total. The van der Waals surface area contributed by atoms with Crippen LogP contribution in [0.4, 0.5) is 0 Å². The fourth-order valence-electron chi connectivity index (χ4n) is 3.29. The number of benzene rings is 1. The Labute approximate surface area is 199 Å². The van der Waals surface area contributed by atoms with Gasteiger partial charge in [0.15, 0.2) is 5.16 Å². The van der Waals surface area contributed by atoms with Crippen molar-refractivity contribution in [1.82, 2.24) is 19.8 Å². The summed E-state index contributed by atoms with van der Waals surface area (Å²) in [6, 6.07) is 8.20. The van der Waals surface area contributed by atoms with E-state index in [1.54, 1.807) is 19.2 Å². The van der Waals surface area contributed by atoms with Gasteiger partial charge in [-0.05, 0) is 43.2 Å². The van der Waals surface area contributed by atoms with Gasteiger partial charge in [-0.25, -0.2) is 9.78 Å². The molecule has 178 valence electrons. The first-order valence-electron chi connectivity index (χ1n) is 10.7. The number of ether oxygens (including phenoxy) is 1. The number of thioether (sulfide) groups is 1. The highest BCUT2D eigenvalue weighted by Crippen LogP contribution is 2.21. The van der Waals surface area contributed by atoms with Gasteiger partial charge in [0.05, 0.1) is 48.7 Å². The Bertz CT molecular complexity index is 1280. The van der Waals surface area contributed by atoms with Crippen molar-refractivity contribution in [3.05, 3.63) is 58.3 Å². The minimum absolute atomic E-state index is 0.0278. The second-order valence-corrected chi connectivity index (χ2v) is 8.91. The van der Waals surface area contributed by atoms with Crippen LogP contribution in [0.15, 0.2) is 51.0 Å². The Morgan fingerprint density at radius 3 is 2.76 bits per heavy atom. The summed E-state index contributed by atoms with van der Waals surface area (Å²) in [5.74, 6) is -0.495. The molecule has 0 radical (unpaired) electrons. The predicted octanol–water partition coefficient (Wildman–Crippen LogP) is 1.65. The summed E-state index contributed by atoms with van der Waals surface area (Å²) < 4.78 is 11.6. The Balaban J connectivity index is 1.58. The third kappa shape index (κ3) is 5.48. The van der Waals surface area contributed by atoms with Gasteiger partial charge in [-0.3, -0.25) is 19.0 Å². The Morgan fingerprint density at radius 1 is 1.29 bits per heavy atom. The smallest absolute Gasteiger partial charge is 0.337 e. The molecule has 1 aromatic carbocycles. The highest BCUT2D eigenvalue weighted by molar-refractivity contribution is 7.99. The molecule has 3 aromatic rings. The Morgan fingerprint density at radius 2 is 2.09 bits per heavy atom. The molecule has 0 spiro atoms. The van der Waals surface area contributed by atoms with Gasteiger partial charge in [0.1, 0.15) is 5.76 Å². The summed E-state index contributed by atoms with van der Waals surface area (Å²) in [5.41, 5.74) is 0.250. The van der Waals surface area contributed by atoms with Gasteiger partial charge in [0, 0.05) is 13.1 Å². The van der Waals surface area contributed by atoms with Crippen molar-refractivity contribution < 1.29 is 23.5 Å². The molecule has 4 rings (SSSR count). The molecule has 11 heteroatoms. The fraction of sp³-hybridized carbons (Fsp3) is 0.348. The largest absolute Gasteiger partial charge is 0.467 e. The van der Waals surface area contributed by atoms with Crippen LogP contribution in [0.1, 0.15) is 29.0 Å². The predicted molar refractivity (Wildman–Crippen MR) is 125 cm³/mol. The van der Waals surface area contributed by atoms with E-state index in [4.69, 9.17) is 9.15 Å². The molecule has 1 N–H and O–H groups in total. The standard InChI is InChI=1S/C23H24N4O6S/c1-26(12-19(28)24-15-6-7-15)20(29)13-34-23-25-18-10-14(22(31)32-2)5-8-17(18)21(30)27(23)11-16-4-3-9-33-16/h3-5,8-10,15H,6-7,11-13H2,1-2H3,(H,24,28). The number of hydrogen-bond donors (Lipinski definition) is 1. The molecule has 2 aromatic heterocycles. The van der Waals surface area contributed by atoms with Crippen LogP contribution in [0.5, 0.6) is 0 Å². The number of carbonyl (C=O) groups is 3. The molecular weight excluding hydrogens is 460 g/mol. The van der Waals surface area contributed by atoms with Crippen molar-refractivity contribution in [1.29, 1.82) is 0 Å². The van der Waals surface area contributed by atoms with E-state index in [1.807, 2.05) is 0 Å². The maximum atomic E-state index is 13.3.